The summed E-state index contributed by atoms with van der Waals surface area (Å²) >= 11 is 8.40. The number of alkyl halides is 1. The third-order valence-corrected chi connectivity index (χ3v) is 7.73. The summed E-state index contributed by atoms with van der Waals surface area (Å²) in [6, 6.07) is -0.977. The molecule has 2 heterocycles. The summed E-state index contributed by atoms with van der Waals surface area (Å²) in [5.74, 6) is -1.67. The van der Waals surface area contributed by atoms with E-state index in [9.17, 15) is 24.3 Å². The summed E-state index contributed by atoms with van der Waals surface area (Å²) in [5.41, 5.74) is -1.35. The number of aliphatic imine (C=N–C) groups is 1. The fourth-order valence-corrected chi connectivity index (χ4v) is 5.32. The predicted molar refractivity (Wildman–Crippen MR) is 156 cm³/mol. The number of rotatable bonds is 13. The van der Waals surface area contributed by atoms with Gasteiger partial charge in [0.2, 0.25) is 5.91 Å². The third kappa shape index (κ3) is 10.7. The summed E-state index contributed by atoms with van der Waals surface area (Å²) in [5, 5.41) is 17.6. The normalized spacial score (nSPS) is 18.8. The maximum atomic E-state index is 13.0. The molecule has 0 aliphatic carbocycles. The minimum absolute atomic E-state index is 0.137. The first-order valence-corrected chi connectivity index (χ1v) is 15.1. The first kappa shape index (κ1) is 33.6. The zero-order valence-corrected chi connectivity index (χ0v) is 25.9. The first-order valence-electron chi connectivity index (χ1n) is 12.7. The Morgan fingerprint density at radius 1 is 1.27 bits per heavy atom. The molecule has 1 aliphatic heterocycles. The SMILES string of the molecule is CC(C)[C@H](NC(=O)OC(C)(C)C)C(=O)OC(/C=C/CCCl)CC(=O)NCc1nc(C2=N[C@](C)(C(=O)O)CS2)cs1. The fourth-order valence-electron chi connectivity index (χ4n) is 3.27. The fraction of sp³-hybridized carbons (Fsp3) is 0.615. The number of thioether (sulfide) groups is 1. The minimum atomic E-state index is -1.18. The van der Waals surface area contributed by atoms with Crippen molar-refractivity contribution in [1.29, 1.82) is 0 Å². The number of allylic oxidation sites excluding steroid dienone is 1. The quantitative estimate of drug-likeness (QED) is 0.168. The Hall–Kier alpha value is -2.64. The number of hydrogen-bond donors (Lipinski definition) is 3. The van der Waals surface area contributed by atoms with Gasteiger partial charge in [-0.05, 0) is 46.1 Å². The van der Waals surface area contributed by atoms with Crippen molar-refractivity contribution in [2.75, 3.05) is 11.6 Å². The number of hydrogen-bond acceptors (Lipinski definition) is 10. The molecule has 11 nitrogen and oxygen atoms in total. The molecule has 1 aromatic rings. The van der Waals surface area contributed by atoms with E-state index in [1.165, 1.54) is 23.1 Å². The Morgan fingerprint density at radius 2 is 1.98 bits per heavy atom. The van der Waals surface area contributed by atoms with Gasteiger partial charge >= 0.3 is 18.0 Å². The van der Waals surface area contributed by atoms with Crippen LogP contribution in [-0.4, -0.2) is 74.0 Å². The van der Waals surface area contributed by atoms with Gasteiger partial charge in [0.25, 0.3) is 0 Å². The Labute approximate surface area is 247 Å². The molecule has 14 heteroatoms. The van der Waals surface area contributed by atoms with Crippen molar-refractivity contribution in [3.8, 4) is 0 Å². The number of ether oxygens (including phenoxy) is 2. The number of halogens is 1. The van der Waals surface area contributed by atoms with Crippen LogP contribution in [-0.2, 0) is 30.4 Å². The summed E-state index contributed by atoms with van der Waals surface area (Å²) in [6.07, 6.45) is 2.06. The zero-order chi connectivity index (χ0) is 30.1. The molecule has 0 fully saturated rings. The van der Waals surface area contributed by atoms with Gasteiger partial charge in [0.1, 0.15) is 33.5 Å². The van der Waals surface area contributed by atoms with Crippen molar-refractivity contribution in [3.63, 3.8) is 0 Å². The van der Waals surface area contributed by atoms with Crippen molar-refractivity contribution in [3.05, 3.63) is 28.2 Å². The molecule has 0 spiro atoms. The third-order valence-electron chi connectivity index (χ3n) is 5.38. The van der Waals surface area contributed by atoms with E-state index in [-0.39, 0.29) is 24.8 Å². The number of carbonyl (C=O) groups excluding carboxylic acids is 3. The molecule has 0 aromatic carbocycles. The molecule has 1 aromatic heterocycles. The van der Waals surface area contributed by atoms with Gasteiger partial charge in [0.15, 0.2) is 5.54 Å². The Morgan fingerprint density at radius 3 is 2.55 bits per heavy atom. The smallest absolute Gasteiger partial charge is 0.408 e. The lowest BCUT2D eigenvalue weighted by Gasteiger charge is -2.26. The summed E-state index contributed by atoms with van der Waals surface area (Å²) < 4.78 is 10.9. The number of nitrogens with one attached hydrogen (secondary N) is 2. The number of carbonyl (C=O) groups is 4. The second kappa shape index (κ2) is 14.8. The van der Waals surface area contributed by atoms with E-state index in [0.717, 1.165) is 0 Å². The van der Waals surface area contributed by atoms with Gasteiger partial charge in [-0.25, -0.2) is 19.4 Å². The maximum Gasteiger partial charge on any atom is 0.408 e. The molecule has 2 rings (SSSR count). The van der Waals surface area contributed by atoms with Crippen molar-refractivity contribution < 1.29 is 33.8 Å². The highest BCUT2D eigenvalue weighted by Gasteiger charge is 2.39. The van der Waals surface area contributed by atoms with Gasteiger partial charge in [-0.3, -0.25) is 9.79 Å². The van der Waals surface area contributed by atoms with Gasteiger partial charge in [0, 0.05) is 17.0 Å². The molecular formula is C26H37ClN4O7S2. The molecule has 0 radical (unpaired) electrons. The van der Waals surface area contributed by atoms with Crippen LogP contribution in [0.3, 0.4) is 0 Å². The summed E-state index contributed by atoms with van der Waals surface area (Å²) in [4.78, 5) is 58.1. The average molecular weight is 617 g/mol. The van der Waals surface area contributed by atoms with Crippen LogP contribution in [0.1, 0.15) is 65.1 Å². The largest absolute Gasteiger partial charge is 0.479 e. The van der Waals surface area contributed by atoms with E-state index in [0.29, 0.717) is 33.8 Å². The number of thiazole rings is 1. The van der Waals surface area contributed by atoms with Crippen LogP contribution >= 0.6 is 34.7 Å². The average Bonchev–Trinajstić information content (AvgIpc) is 3.47. The molecule has 3 atom stereocenters. The zero-order valence-electron chi connectivity index (χ0n) is 23.5. The molecule has 3 N–H and O–H groups in total. The monoisotopic (exact) mass is 616 g/mol. The van der Waals surface area contributed by atoms with Gasteiger partial charge in [0.05, 0.1) is 13.0 Å². The lowest BCUT2D eigenvalue weighted by atomic mass is 10.0. The molecule has 0 bridgehead atoms. The van der Waals surface area contributed by atoms with Crippen LogP contribution in [0.4, 0.5) is 4.79 Å². The molecule has 1 unspecified atom stereocenters. The van der Waals surface area contributed by atoms with Crippen LogP contribution in [0, 0.1) is 5.92 Å². The second-order valence-electron chi connectivity index (χ2n) is 10.6. The van der Waals surface area contributed by atoms with Crippen LogP contribution in [0.5, 0.6) is 0 Å². The van der Waals surface area contributed by atoms with E-state index >= 15 is 0 Å². The van der Waals surface area contributed by atoms with Crippen LogP contribution < -0.4 is 10.6 Å². The van der Waals surface area contributed by atoms with Crippen LogP contribution in [0.2, 0.25) is 0 Å². The number of aromatic nitrogens is 1. The summed E-state index contributed by atoms with van der Waals surface area (Å²) in [6.45, 7) is 10.4. The van der Waals surface area contributed by atoms with E-state index < -0.39 is 41.3 Å². The molecule has 40 heavy (non-hydrogen) atoms. The highest BCUT2D eigenvalue weighted by Crippen LogP contribution is 2.31. The highest BCUT2D eigenvalue weighted by molar-refractivity contribution is 8.14. The van der Waals surface area contributed by atoms with Crippen molar-refractivity contribution in [2.45, 2.75) is 84.2 Å². The molecule has 1 aliphatic rings. The standard InChI is InChI=1S/C26H37ClN4O7S2/c1-15(2)20(30-24(36)38-25(3,4)5)22(33)37-16(9-7-8-10-27)11-18(32)28-12-19-29-17(13-39-19)21-31-26(6,14-40-21)23(34)35/h7,9,13,15-16,20H,8,10-12,14H2,1-6H3,(H,28,32)(H,30,36)(H,34,35)/b9-7+/t16?,20-,26-/m0/s1. The van der Waals surface area contributed by atoms with Gasteiger partial charge in [-0.2, -0.15) is 0 Å². The predicted octanol–water partition coefficient (Wildman–Crippen LogP) is 4.13. The van der Waals surface area contributed by atoms with Gasteiger partial charge < -0.3 is 25.2 Å². The Kier molecular flexibility index (Phi) is 12.4. The van der Waals surface area contributed by atoms with Crippen LogP contribution in [0.15, 0.2) is 22.5 Å². The van der Waals surface area contributed by atoms with E-state index in [2.05, 4.69) is 20.6 Å². The Bertz CT molecular complexity index is 1130. The van der Waals surface area contributed by atoms with E-state index in [1.807, 2.05) is 0 Å². The number of alkyl carbamates (subject to hydrolysis) is 1. The van der Waals surface area contributed by atoms with Crippen molar-refractivity contribution >= 4 is 63.7 Å². The topological polar surface area (TPSA) is 156 Å². The van der Waals surface area contributed by atoms with E-state index in [4.69, 9.17) is 21.1 Å². The molecule has 222 valence electrons. The number of nitrogens with zero attached hydrogens (tertiary/aromatic N) is 2. The highest BCUT2D eigenvalue weighted by atomic mass is 35.5. The second-order valence-corrected chi connectivity index (χ2v) is 12.9. The first-order chi connectivity index (χ1) is 18.6. The minimum Gasteiger partial charge on any atom is -0.479 e. The number of carboxylic acids is 1. The molecule has 0 saturated carbocycles. The maximum absolute atomic E-state index is 13.0. The van der Waals surface area contributed by atoms with Crippen molar-refractivity contribution in [2.24, 2.45) is 10.9 Å². The lowest BCUT2D eigenvalue weighted by molar-refractivity contribution is -0.151. The Balaban J connectivity index is 2.00. The van der Waals surface area contributed by atoms with E-state index in [1.54, 1.807) is 59.1 Å². The lowest BCUT2D eigenvalue weighted by Crippen LogP contribution is -2.48. The number of carboxylic acid groups (broad SMARTS) is 1. The summed E-state index contributed by atoms with van der Waals surface area (Å²) in [7, 11) is 0. The van der Waals surface area contributed by atoms with Crippen LogP contribution in [0.25, 0.3) is 0 Å². The van der Waals surface area contributed by atoms with Gasteiger partial charge in [-0.15, -0.1) is 34.7 Å². The van der Waals surface area contributed by atoms with Crippen molar-refractivity contribution in [1.82, 2.24) is 15.6 Å². The number of esters is 1. The molecule has 2 amide bonds. The molecule has 0 saturated heterocycles. The molecular weight excluding hydrogens is 580 g/mol. The van der Waals surface area contributed by atoms with Gasteiger partial charge in [-0.1, -0.05) is 19.9 Å². The number of aliphatic carboxylic acids is 1. The number of amides is 2.